The molecule has 0 saturated carbocycles. The standard InChI is InChI=1S/C25H27F4N3O5/c1-15(33)36-20-14-16(8-9-18(20)26)22(34)30-21-17(25(27,28)29)6-5-7-19(21)31-10-12-32(13-11-31)23(35)37-24(2,3)4/h5-9,14H,10-13H2,1-4H3,(H,30,34). The molecule has 1 N–H and O–H groups in total. The first-order chi connectivity index (χ1) is 17.2. The fourth-order valence-corrected chi connectivity index (χ4v) is 3.69. The molecule has 0 atom stereocenters. The summed E-state index contributed by atoms with van der Waals surface area (Å²) in [6, 6.07) is 6.37. The number of carbonyl (C=O) groups is 3. The van der Waals surface area contributed by atoms with Crippen LogP contribution < -0.4 is 15.0 Å². The van der Waals surface area contributed by atoms with Crippen LogP contribution in [0.4, 0.5) is 33.7 Å². The maximum Gasteiger partial charge on any atom is 0.418 e. The molecule has 1 aliphatic rings. The van der Waals surface area contributed by atoms with Gasteiger partial charge in [-0.3, -0.25) is 9.59 Å². The molecule has 12 heteroatoms. The number of rotatable bonds is 4. The third-order valence-corrected chi connectivity index (χ3v) is 5.31. The molecule has 8 nitrogen and oxygen atoms in total. The molecule has 200 valence electrons. The Morgan fingerprint density at radius 1 is 0.973 bits per heavy atom. The molecule has 1 fully saturated rings. The number of halogens is 4. The van der Waals surface area contributed by atoms with E-state index in [1.165, 1.54) is 17.0 Å². The first-order valence-electron chi connectivity index (χ1n) is 11.4. The van der Waals surface area contributed by atoms with Crippen molar-refractivity contribution in [3.05, 3.63) is 53.3 Å². The van der Waals surface area contributed by atoms with Crippen LogP contribution in [0.2, 0.25) is 0 Å². The topological polar surface area (TPSA) is 88.2 Å². The van der Waals surface area contributed by atoms with E-state index in [-0.39, 0.29) is 37.4 Å². The predicted molar refractivity (Wildman–Crippen MR) is 127 cm³/mol. The van der Waals surface area contributed by atoms with Gasteiger partial charge in [0.05, 0.1) is 16.9 Å². The zero-order valence-corrected chi connectivity index (χ0v) is 20.7. The Bertz CT molecular complexity index is 1190. The van der Waals surface area contributed by atoms with Crippen LogP contribution in [0.1, 0.15) is 43.6 Å². The fourth-order valence-electron chi connectivity index (χ4n) is 3.69. The van der Waals surface area contributed by atoms with Gasteiger partial charge in [-0.15, -0.1) is 0 Å². The molecule has 0 aromatic heterocycles. The van der Waals surface area contributed by atoms with Crippen molar-refractivity contribution in [1.82, 2.24) is 4.90 Å². The maximum atomic E-state index is 13.9. The van der Waals surface area contributed by atoms with E-state index in [0.29, 0.717) is 0 Å². The van der Waals surface area contributed by atoms with E-state index in [2.05, 4.69) is 5.32 Å². The van der Waals surface area contributed by atoms with Gasteiger partial charge in [0.15, 0.2) is 11.6 Å². The second-order valence-corrected chi connectivity index (χ2v) is 9.34. The van der Waals surface area contributed by atoms with Gasteiger partial charge in [-0.25, -0.2) is 9.18 Å². The fraction of sp³-hybridized carbons (Fsp3) is 0.400. The molecule has 2 aromatic rings. The number of ether oxygens (including phenoxy) is 2. The summed E-state index contributed by atoms with van der Waals surface area (Å²) in [6.07, 6.45) is -5.31. The van der Waals surface area contributed by atoms with Crippen molar-refractivity contribution in [3.8, 4) is 5.75 Å². The number of anilines is 2. The van der Waals surface area contributed by atoms with E-state index in [4.69, 9.17) is 9.47 Å². The number of amides is 2. The molecular weight excluding hydrogens is 498 g/mol. The average molecular weight is 525 g/mol. The van der Waals surface area contributed by atoms with Crippen molar-refractivity contribution in [3.63, 3.8) is 0 Å². The van der Waals surface area contributed by atoms with Crippen molar-refractivity contribution in [2.45, 2.75) is 39.5 Å². The van der Waals surface area contributed by atoms with Crippen LogP contribution in [0.3, 0.4) is 0 Å². The Hall–Kier alpha value is -3.83. The lowest BCUT2D eigenvalue weighted by molar-refractivity contribution is -0.137. The lowest BCUT2D eigenvalue weighted by atomic mass is 10.1. The summed E-state index contributed by atoms with van der Waals surface area (Å²) in [4.78, 5) is 39.6. The number of hydrogen-bond donors (Lipinski definition) is 1. The van der Waals surface area contributed by atoms with Gasteiger partial charge in [0.25, 0.3) is 5.91 Å². The SMILES string of the molecule is CC(=O)Oc1cc(C(=O)Nc2c(N3CCN(C(=O)OC(C)(C)C)CC3)cccc2C(F)(F)F)ccc1F. The van der Waals surface area contributed by atoms with E-state index in [1.807, 2.05) is 0 Å². The lowest BCUT2D eigenvalue weighted by Gasteiger charge is -2.37. The molecule has 1 heterocycles. The Balaban J connectivity index is 1.88. The van der Waals surface area contributed by atoms with Crippen LogP contribution in [0.25, 0.3) is 0 Å². The number of benzene rings is 2. The highest BCUT2D eigenvalue weighted by Gasteiger charge is 2.36. The molecule has 2 aromatic carbocycles. The van der Waals surface area contributed by atoms with Gasteiger partial charge in [0, 0.05) is 38.7 Å². The van der Waals surface area contributed by atoms with E-state index in [1.54, 1.807) is 25.7 Å². The average Bonchev–Trinajstić information content (AvgIpc) is 2.78. The minimum atomic E-state index is -4.79. The first-order valence-corrected chi connectivity index (χ1v) is 11.4. The molecule has 0 radical (unpaired) electrons. The summed E-state index contributed by atoms with van der Waals surface area (Å²) in [5, 5.41) is 2.30. The maximum absolute atomic E-state index is 13.9. The van der Waals surface area contributed by atoms with Crippen molar-refractivity contribution in [1.29, 1.82) is 0 Å². The first kappa shape index (κ1) is 27.8. The highest BCUT2D eigenvalue weighted by atomic mass is 19.4. The number of piperazine rings is 1. The molecule has 2 amide bonds. The zero-order chi connectivity index (χ0) is 27.5. The number of hydrogen-bond acceptors (Lipinski definition) is 6. The number of carbonyl (C=O) groups excluding carboxylic acids is 3. The van der Waals surface area contributed by atoms with Gasteiger partial charge in [0.1, 0.15) is 5.60 Å². The predicted octanol–water partition coefficient (Wildman–Crippen LogP) is 5.08. The summed E-state index contributed by atoms with van der Waals surface area (Å²) in [6.45, 7) is 7.01. The van der Waals surface area contributed by atoms with Crippen LogP contribution in [0, 0.1) is 5.82 Å². The van der Waals surface area contributed by atoms with Crippen LogP contribution in [0.5, 0.6) is 5.75 Å². The van der Waals surface area contributed by atoms with Gasteiger partial charge >= 0.3 is 18.2 Å². The molecule has 0 bridgehead atoms. The lowest BCUT2D eigenvalue weighted by Crippen LogP contribution is -2.50. The number of para-hydroxylation sites is 1. The Morgan fingerprint density at radius 3 is 2.19 bits per heavy atom. The smallest absolute Gasteiger partial charge is 0.418 e. The second-order valence-electron chi connectivity index (χ2n) is 9.34. The number of nitrogens with one attached hydrogen (secondary N) is 1. The highest BCUT2D eigenvalue weighted by molar-refractivity contribution is 6.07. The van der Waals surface area contributed by atoms with Crippen molar-refractivity contribution >= 4 is 29.3 Å². The van der Waals surface area contributed by atoms with E-state index in [9.17, 15) is 31.9 Å². The van der Waals surface area contributed by atoms with Gasteiger partial charge in [-0.05, 0) is 51.1 Å². The second kappa shape index (κ2) is 10.7. The largest absolute Gasteiger partial charge is 0.444 e. The molecule has 0 unspecified atom stereocenters. The van der Waals surface area contributed by atoms with Crippen LogP contribution in [0.15, 0.2) is 36.4 Å². The minimum absolute atomic E-state index is 0.106. The van der Waals surface area contributed by atoms with Crippen molar-refractivity contribution in [2.24, 2.45) is 0 Å². The molecule has 0 spiro atoms. The van der Waals surface area contributed by atoms with Crippen molar-refractivity contribution < 1.29 is 41.4 Å². The Kier molecular flexibility index (Phi) is 7.99. The molecule has 0 aliphatic carbocycles. The molecular formula is C25H27F4N3O5. The van der Waals surface area contributed by atoms with Gasteiger partial charge < -0.3 is 24.6 Å². The number of nitrogens with zero attached hydrogens (tertiary/aromatic N) is 2. The van der Waals surface area contributed by atoms with E-state index >= 15 is 0 Å². The van der Waals surface area contributed by atoms with Crippen LogP contribution in [-0.4, -0.2) is 54.6 Å². The van der Waals surface area contributed by atoms with Crippen molar-refractivity contribution in [2.75, 3.05) is 36.4 Å². The number of esters is 1. The normalized spacial score (nSPS) is 14.3. The summed E-state index contributed by atoms with van der Waals surface area (Å²) < 4.78 is 65.7. The van der Waals surface area contributed by atoms with E-state index in [0.717, 1.165) is 31.2 Å². The molecule has 1 aliphatic heterocycles. The third kappa shape index (κ3) is 7.11. The summed E-state index contributed by atoms with van der Waals surface area (Å²) in [5.41, 5.74) is -2.36. The monoisotopic (exact) mass is 525 g/mol. The quantitative estimate of drug-likeness (QED) is 0.340. The minimum Gasteiger partial charge on any atom is -0.444 e. The van der Waals surface area contributed by atoms with Crippen LogP contribution >= 0.6 is 0 Å². The highest BCUT2D eigenvalue weighted by Crippen LogP contribution is 2.41. The Morgan fingerprint density at radius 2 is 1.62 bits per heavy atom. The summed E-state index contributed by atoms with van der Waals surface area (Å²) in [7, 11) is 0. The van der Waals surface area contributed by atoms with Gasteiger partial charge in [-0.1, -0.05) is 6.07 Å². The molecule has 1 saturated heterocycles. The number of alkyl halides is 3. The van der Waals surface area contributed by atoms with Crippen LogP contribution in [-0.2, 0) is 15.7 Å². The summed E-state index contributed by atoms with van der Waals surface area (Å²) >= 11 is 0. The van der Waals surface area contributed by atoms with Gasteiger partial charge in [0.2, 0.25) is 0 Å². The third-order valence-electron chi connectivity index (χ3n) is 5.31. The summed E-state index contributed by atoms with van der Waals surface area (Å²) in [5.74, 6) is -3.22. The van der Waals surface area contributed by atoms with E-state index < -0.39 is 52.6 Å². The zero-order valence-electron chi connectivity index (χ0n) is 20.7. The van der Waals surface area contributed by atoms with Gasteiger partial charge in [-0.2, -0.15) is 13.2 Å². The Labute approximate surface area is 211 Å². The molecule has 3 rings (SSSR count). The molecule has 37 heavy (non-hydrogen) atoms.